The number of hydrogen-bond donors (Lipinski definition) is 1. The molecular formula is C22H22N2O. The average Bonchev–Trinajstić information content (AvgIpc) is 3.12. The second-order valence-electron chi connectivity index (χ2n) is 6.66. The number of nitrogens with one attached hydrogen (secondary N) is 1. The summed E-state index contributed by atoms with van der Waals surface area (Å²) in [7, 11) is 0. The molecule has 4 rings (SSSR count). The highest BCUT2D eigenvalue weighted by atomic mass is 16.2. The van der Waals surface area contributed by atoms with Crippen LogP contribution in [0, 0.1) is 6.92 Å². The van der Waals surface area contributed by atoms with Crippen molar-refractivity contribution in [3.8, 4) is 0 Å². The van der Waals surface area contributed by atoms with Gasteiger partial charge in [0, 0.05) is 11.9 Å². The molecule has 1 heterocycles. The van der Waals surface area contributed by atoms with Crippen molar-refractivity contribution >= 4 is 22.5 Å². The maximum Gasteiger partial charge on any atom is 0.322 e. The second kappa shape index (κ2) is 6.60. The van der Waals surface area contributed by atoms with Crippen LogP contribution in [0.15, 0.2) is 66.7 Å². The lowest BCUT2D eigenvalue weighted by molar-refractivity contribution is 0.207. The highest BCUT2D eigenvalue weighted by Gasteiger charge is 2.30. The predicted octanol–water partition coefficient (Wildman–Crippen LogP) is 5.52. The first-order valence-electron chi connectivity index (χ1n) is 8.85. The van der Waals surface area contributed by atoms with Crippen LogP contribution in [0.2, 0.25) is 0 Å². The molecule has 0 saturated carbocycles. The van der Waals surface area contributed by atoms with Crippen molar-refractivity contribution in [1.29, 1.82) is 0 Å². The molecule has 2 amide bonds. The van der Waals surface area contributed by atoms with Gasteiger partial charge in [-0.25, -0.2) is 4.79 Å². The summed E-state index contributed by atoms with van der Waals surface area (Å²) in [5, 5.41) is 5.34. The molecule has 25 heavy (non-hydrogen) atoms. The van der Waals surface area contributed by atoms with Gasteiger partial charge in [-0.15, -0.1) is 0 Å². The van der Waals surface area contributed by atoms with Crippen LogP contribution in [0.5, 0.6) is 0 Å². The van der Waals surface area contributed by atoms with E-state index in [2.05, 4.69) is 42.6 Å². The lowest BCUT2D eigenvalue weighted by Gasteiger charge is -2.26. The van der Waals surface area contributed by atoms with Crippen molar-refractivity contribution in [2.75, 3.05) is 11.9 Å². The fraction of sp³-hybridized carbons (Fsp3) is 0.227. The summed E-state index contributed by atoms with van der Waals surface area (Å²) in [6.45, 7) is 2.92. The normalized spacial score (nSPS) is 17.0. The molecule has 0 aliphatic carbocycles. The Morgan fingerprint density at radius 2 is 1.76 bits per heavy atom. The average molecular weight is 330 g/mol. The molecule has 1 N–H and O–H groups in total. The number of carbonyl (C=O) groups is 1. The number of amides is 2. The molecule has 3 heteroatoms. The van der Waals surface area contributed by atoms with Crippen LogP contribution < -0.4 is 5.32 Å². The first kappa shape index (κ1) is 15.7. The number of aryl methyl sites for hydroxylation is 1. The van der Waals surface area contributed by atoms with Crippen LogP contribution in [0.1, 0.15) is 30.0 Å². The van der Waals surface area contributed by atoms with E-state index >= 15 is 0 Å². The molecule has 3 aromatic rings. The van der Waals surface area contributed by atoms with Gasteiger partial charge >= 0.3 is 6.03 Å². The number of rotatable bonds is 2. The van der Waals surface area contributed by atoms with Gasteiger partial charge in [0.2, 0.25) is 0 Å². The molecule has 0 bridgehead atoms. The highest BCUT2D eigenvalue weighted by molar-refractivity contribution is 6.01. The smallest absolute Gasteiger partial charge is 0.317 e. The number of hydrogen-bond acceptors (Lipinski definition) is 1. The van der Waals surface area contributed by atoms with Crippen LogP contribution >= 0.6 is 0 Å². The monoisotopic (exact) mass is 330 g/mol. The summed E-state index contributed by atoms with van der Waals surface area (Å²) >= 11 is 0. The standard InChI is InChI=1S/C22H22N2O/c1-16-8-2-4-11-18(16)21-14-7-15-24(21)22(25)23-20-13-6-10-17-9-3-5-12-19(17)20/h2-6,8-13,21H,7,14-15H2,1H3,(H,23,25). The van der Waals surface area contributed by atoms with Gasteiger partial charge in [0.15, 0.2) is 0 Å². The Bertz CT molecular complexity index is 913. The minimum atomic E-state index is -0.0119. The molecule has 126 valence electrons. The minimum Gasteiger partial charge on any atom is -0.317 e. The van der Waals surface area contributed by atoms with E-state index in [4.69, 9.17) is 0 Å². The molecule has 0 aromatic heterocycles. The third-order valence-corrected chi connectivity index (χ3v) is 5.09. The van der Waals surface area contributed by atoms with Gasteiger partial charge in [-0.1, -0.05) is 60.7 Å². The van der Waals surface area contributed by atoms with Gasteiger partial charge in [-0.05, 0) is 42.3 Å². The summed E-state index contributed by atoms with van der Waals surface area (Å²) in [5.74, 6) is 0. The molecule has 1 aliphatic heterocycles. The topological polar surface area (TPSA) is 32.3 Å². The molecule has 1 saturated heterocycles. The molecule has 0 radical (unpaired) electrons. The molecule has 1 unspecified atom stereocenters. The number of benzene rings is 3. The molecule has 1 aliphatic rings. The van der Waals surface area contributed by atoms with Gasteiger partial charge in [0.25, 0.3) is 0 Å². The zero-order chi connectivity index (χ0) is 17.2. The number of anilines is 1. The predicted molar refractivity (Wildman–Crippen MR) is 103 cm³/mol. The molecule has 3 nitrogen and oxygen atoms in total. The number of carbonyl (C=O) groups excluding carboxylic acids is 1. The number of likely N-dealkylation sites (tertiary alicyclic amines) is 1. The van der Waals surface area contributed by atoms with Crippen molar-refractivity contribution in [2.24, 2.45) is 0 Å². The molecule has 0 spiro atoms. The van der Waals surface area contributed by atoms with Gasteiger partial charge in [-0.3, -0.25) is 0 Å². The van der Waals surface area contributed by atoms with Crippen LogP contribution in [0.3, 0.4) is 0 Å². The Labute approximate surface area is 148 Å². The van der Waals surface area contributed by atoms with E-state index in [0.717, 1.165) is 35.8 Å². The fourth-order valence-electron chi connectivity index (χ4n) is 3.82. The van der Waals surface area contributed by atoms with Crippen molar-refractivity contribution in [1.82, 2.24) is 4.90 Å². The number of fused-ring (bicyclic) bond motifs is 1. The van der Waals surface area contributed by atoms with E-state index < -0.39 is 0 Å². The van der Waals surface area contributed by atoms with Crippen molar-refractivity contribution in [2.45, 2.75) is 25.8 Å². The molecular weight excluding hydrogens is 308 g/mol. The van der Waals surface area contributed by atoms with E-state index in [1.54, 1.807) is 0 Å². The maximum absolute atomic E-state index is 13.0. The third kappa shape index (κ3) is 2.98. The van der Waals surface area contributed by atoms with E-state index in [-0.39, 0.29) is 12.1 Å². The van der Waals surface area contributed by atoms with Gasteiger partial charge < -0.3 is 10.2 Å². The summed E-state index contributed by atoms with van der Waals surface area (Å²) in [6.07, 6.45) is 2.07. The Morgan fingerprint density at radius 3 is 2.64 bits per heavy atom. The van der Waals surface area contributed by atoms with Crippen molar-refractivity contribution in [3.05, 3.63) is 77.9 Å². The van der Waals surface area contributed by atoms with E-state index in [0.29, 0.717) is 0 Å². The zero-order valence-electron chi connectivity index (χ0n) is 14.4. The number of nitrogens with zero attached hydrogens (tertiary/aromatic N) is 1. The first-order chi connectivity index (χ1) is 12.2. The number of urea groups is 1. The van der Waals surface area contributed by atoms with Crippen molar-refractivity contribution < 1.29 is 4.79 Å². The largest absolute Gasteiger partial charge is 0.322 e. The first-order valence-corrected chi connectivity index (χ1v) is 8.85. The highest BCUT2D eigenvalue weighted by Crippen LogP contribution is 2.34. The fourth-order valence-corrected chi connectivity index (χ4v) is 3.82. The minimum absolute atomic E-state index is 0.0119. The summed E-state index contributed by atoms with van der Waals surface area (Å²) in [4.78, 5) is 14.9. The lowest BCUT2D eigenvalue weighted by Crippen LogP contribution is -2.34. The second-order valence-corrected chi connectivity index (χ2v) is 6.66. The lowest BCUT2D eigenvalue weighted by atomic mass is 9.99. The van der Waals surface area contributed by atoms with E-state index in [1.165, 1.54) is 11.1 Å². The van der Waals surface area contributed by atoms with Gasteiger partial charge in [-0.2, -0.15) is 0 Å². The van der Waals surface area contributed by atoms with E-state index in [9.17, 15) is 4.79 Å². The molecule has 3 aromatic carbocycles. The van der Waals surface area contributed by atoms with Crippen LogP contribution in [-0.4, -0.2) is 17.5 Å². The summed E-state index contributed by atoms with van der Waals surface area (Å²) in [5.41, 5.74) is 3.38. The Kier molecular flexibility index (Phi) is 4.14. The van der Waals surface area contributed by atoms with Gasteiger partial charge in [0.05, 0.1) is 11.7 Å². The van der Waals surface area contributed by atoms with Crippen LogP contribution in [0.25, 0.3) is 10.8 Å². The molecule has 1 atom stereocenters. The SMILES string of the molecule is Cc1ccccc1C1CCCN1C(=O)Nc1cccc2ccccc12. The quantitative estimate of drug-likeness (QED) is 0.659. The Hall–Kier alpha value is -2.81. The van der Waals surface area contributed by atoms with E-state index in [1.807, 2.05) is 41.3 Å². The molecule has 1 fully saturated rings. The maximum atomic E-state index is 13.0. The summed E-state index contributed by atoms with van der Waals surface area (Å²) in [6, 6.07) is 22.7. The summed E-state index contributed by atoms with van der Waals surface area (Å²) < 4.78 is 0. The Morgan fingerprint density at radius 1 is 1.00 bits per heavy atom. The Balaban J connectivity index is 1.61. The van der Waals surface area contributed by atoms with Crippen molar-refractivity contribution in [3.63, 3.8) is 0 Å². The van der Waals surface area contributed by atoms with Crippen LogP contribution in [0.4, 0.5) is 10.5 Å². The zero-order valence-corrected chi connectivity index (χ0v) is 14.4. The van der Waals surface area contributed by atoms with Crippen LogP contribution in [-0.2, 0) is 0 Å². The third-order valence-electron chi connectivity index (χ3n) is 5.09. The van der Waals surface area contributed by atoms with Gasteiger partial charge in [0.1, 0.15) is 0 Å².